The standard InChI is InChI=1S/C56H72N6O9S.C2H4O2/c1-34-52(72-33-59-34)40-19-16-37(17-20-40)18-24-47(64)45-29-43(63)30-61(45)55(69)53(56(3,4)5)60-50(67)32-70-26-7-6-9-36-12-14-38(15-13-36)31-71-35(2)41(22-25-49(58)66)28-48(65)46-27-42-11-8-10-39-21-23-44(57)54(68)62(46)51(39)42;1-2(3)4/h8,10-17,19-20,33,35,41,43-46,53,63H,6-7,9,18,21-32,57H2,1-5H3,(H2,58,66)(H,60,67);1H3,(H,3,4)/t35-,41-,43+,44+,45+,46+,53-;/m1./s1. The Hall–Kier alpha value is -6.18. The molecule has 1 aromatic heterocycles. The molecule has 3 aliphatic heterocycles. The average Bonchev–Trinajstić information content (AvgIpc) is 4.14. The molecule has 7 N–H and O–H groups in total. The van der Waals surface area contributed by atoms with E-state index in [-0.39, 0.29) is 68.3 Å². The predicted octanol–water partition coefficient (Wildman–Crippen LogP) is 6.22. The van der Waals surface area contributed by atoms with Gasteiger partial charge in [0.1, 0.15) is 12.6 Å². The smallest absolute Gasteiger partial charge is 0.300 e. The molecule has 3 aliphatic rings. The van der Waals surface area contributed by atoms with Gasteiger partial charge in [-0.05, 0) is 104 Å². The quantitative estimate of drug-likeness (QED) is 0.0489. The van der Waals surface area contributed by atoms with Gasteiger partial charge in [0, 0.05) is 52.2 Å². The van der Waals surface area contributed by atoms with Crippen molar-refractivity contribution in [3.63, 3.8) is 0 Å². The summed E-state index contributed by atoms with van der Waals surface area (Å²) in [6.45, 7) is 11.0. The van der Waals surface area contributed by atoms with Crippen molar-refractivity contribution in [3.8, 4) is 10.4 Å². The van der Waals surface area contributed by atoms with Crippen molar-refractivity contribution in [2.45, 2.75) is 162 Å². The number of nitrogens with one attached hydrogen (secondary N) is 1. The molecule has 18 heteroatoms. The molecule has 1 saturated heterocycles. The Labute approximate surface area is 450 Å². The van der Waals surface area contributed by atoms with Crippen LogP contribution in [0.15, 0.2) is 72.2 Å². The minimum atomic E-state index is -0.932. The van der Waals surface area contributed by atoms with Gasteiger partial charge in [-0.3, -0.25) is 38.5 Å². The van der Waals surface area contributed by atoms with Crippen molar-refractivity contribution >= 4 is 58.2 Å². The second-order valence-electron chi connectivity index (χ2n) is 21.5. The molecular formula is C58H76N6O11S. The topological polar surface area (TPSA) is 262 Å². The number of carbonyl (C=O) groups excluding carboxylic acids is 6. The van der Waals surface area contributed by atoms with Crippen LogP contribution in [0.2, 0.25) is 0 Å². The lowest BCUT2D eigenvalue weighted by atomic mass is 9.85. The number of ether oxygens (including phenoxy) is 2. The van der Waals surface area contributed by atoms with E-state index < -0.39 is 59.4 Å². The molecule has 0 unspecified atom stereocenters. The first-order chi connectivity index (χ1) is 36.1. The number of primary amides is 1. The predicted molar refractivity (Wildman–Crippen MR) is 290 cm³/mol. The number of carboxylic acids is 1. The van der Waals surface area contributed by atoms with Crippen molar-refractivity contribution in [1.82, 2.24) is 15.2 Å². The molecule has 4 amide bonds. The van der Waals surface area contributed by atoms with Crippen molar-refractivity contribution in [2.24, 2.45) is 22.8 Å². The Morgan fingerprint density at radius 3 is 2.22 bits per heavy atom. The number of carboxylic acid groups (broad SMARTS) is 1. The zero-order chi connectivity index (χ0) is 55.3. The van der Waals surface area contributed by atoms with Gasteiger partial charge < -0.3 is 41.4 Å². The van der Waals surface area contributed by atoms with E-state index in [9.17, 15) is 33.9 Å². The fourth-order valence-electron chi connectivity index (χ4n) is 10.2. The number of β-amino-alcohol motifs (C(OH)–C–C–N with tert-alkyl or cyclic N) is 1. The normalized spacial score (nSPS) is 19.2. The molecule has 4 heterocycles. The third kappa shape index (κ3) is 16.2. The molecule has 17 nitrogen and oxygen atoms in total. The summed E-state index contributed by atoms with van der Waals surface area (Å²) in [5, 5.41) is 20.9. The number of aliphatic hydroxyl groups is 1. The molecule has 0 spiro atoms. The molecule has 7 atom stereocenters. The summed E-state index contributed by atoms with van der Waals surface area (Å²) in [6.07, 6.45) is 4.26. The van der Waals surface area contributed by atoms with Gasteiger partial charge in [-0.1, -0.05) is 87.5 Å². The minimum absolute atomic E-state index is 0.0227. The maximum atomic E-state index is 14.1. The van der Waals surface area contributed by atoms with E-state index in [1.807, 2.05) is 107 Å². The largest absolute Gasteiger partial charge is 0.481 e. The maximum Gasteiger partial charge on any atom is 0.300 e. The van der Waals surface area contributed by atoms with Crippen LogP contribution in [0.5, 0.6) is 0 Å². The molecule has 7 rings (SSSR count). The zero-order valence-electron chi connectivity index (χ0n) is 44.8. The Kier molecular flexibility index (Phi) is 21.2. The highest BCUT2D eigenvalue weighted by molar-refractivity contribution is 7.13. The lowest BCUT2D eigenvalue weighted by molar-refractivity contribution is -0.144. The number of amides is 4. The summed E-state index contributed by atoms with van der Waals surface area (Å²) in [5.41, 5.74) is 20.9. The van der Waals surface area contributed by atoms with Crippen molar-refractivity contribution in [1.29, 1.82) is 0 Å². The number of nitrogens with zero attached hydrogens (tertiary/aromatic N) is 3. The summed E-state index contributed by atoms with van der Waals surface area (Å²) >= 11 is 1.59. The number of hydrogen-bond donors (Lipinski definition) is 5. The molecule has 3 aromatic carbocycles. The number of anilines is 1. The SMILES string of the molecule is CC(=O)O.Cc1ncsc1-c1ccc(CCC(=O)[C@@H]2C[C@H](O)CN2C(=O)[C@@H](NC(=O)COCCCCc2ccc(CO[C@H](C)[C@H](CCC(N)=O)CC(=O)[C@@H]3Cc4cccc5c4N3C(=O)[C@@H](N)CC5)cc2)C(C)(C)C)cc1. The van der Waals surface area contributed by atoms with Gasteiger partial charge in [0.05, 0.1) is 58.7 Å². The van der Waals surface area contributed by atoms with Crippen molar-refractivity contribution in [3.05, 3.63) is 106 Å². The second-order valence-corrected chi connectivity index (χ2v) is 22.3. The first kappa shape index (κ1) is 59.1. The molecule has 1 fully saturated rings. The first-order valence-corrected chi connectivity index (χ1v) is 27.3. The van der Waals surface area contributed by atoms with E-state index >= 15 is 0 Å². The average molecular weight is 1070 g/mol. The zero-order valence-corrected chi connectivity index (χ0v) is 45.6. The number of nitrogens with two attached hydrogens (primary N) is 2. The number of likely N-dealkylation sites (tertiary alicyclic amines) is 1. The van der Waals surface area contributed by atoms with E-state index in [4.69, 9.17) is 30.8 Å². The van der Waals surface area contributed by atoms with Crippen LogP contribution < -0.4 is 21.7 Å². The van der Waals surface area contributed by atoms with Gasteiger partial charge in [-0.15, -0.1) is 11.3 Å². The monoisotopic (exact) mass is 1060 g/mol. The molecule has 0 radical (unpaired) electrons. The molecule has 0 saturated carbocycles. The summed E-state index contributed by atoms with van der Waals surface area (Å²) in [5.74, 6) is -2.84. The number of hydrogen-bond acceptors (Lipinski definition) is 13. The Morgan fingerprint density at radius 1 is 0.908 bits per heavy atom. The fourth-order valence-corrected chi connectivity index (χ4v) is 11.0. The lowest BCUT2D eigenvalue weighted by Crippen LogP contribution is -2.57. The number of aliphatic carboxylic acids is 1. The highest BCUT2D eigenvalue weighted by Crippen LogP contribution is 2.40. The first-order valence-electron chi connectivity index (χ1n) is 26.4. The number of ketones is 2. The van der Waals surface area contributed by atoms with Crippen molar-refractivity contribution < 1.29 is 53.2 Å². The third-order valence-electron chi connectivity index (χ3n) is 14.5. The van der Waals surface area contributed by atoms with Crippen LogP contribution in [0.3, 0.4) is 0 Å². The number of aryl methyl sites for hydroxylation is 4. The summed E-state index contributed by atoms with van der Waals surface area (Å²) in [6, 6.07) is 19.1. The van der Waals surface area contributed by atoms with Gasteiger partial charge >= 0.3 is 0 Å². The van der Waals surface area contributed by atoms with Crippen LogP contribution in [-0.4, -0.2) is 117 Å². The Morgan fingerprint density at radius 2 is 1.57 bits per heavy atom. The number of thiazole rings is 1. The molecule has 410 valence electrons. The molecular weight excluding hydrogens is 989 g/mol. The number of aliphatic hydroxyl groups excluding tert-OH is 1. The number of rotatable bonds is 24. The van der Waals surface area contributed by atoms with Crippen LogP contribution in [0, 0.1) is 18.3 Å². The Balaban J connectivity index is 0.00000226. The maximum absolute atomic E-state index is 14.1. The van der Waals surface area contributed by atoms with Gasteiger partial charge in [-0.25, -0.2) is 4.98 Å². The molecule has 4 aromatic rings. The Bertz CT molecular complexity index is 2660. The number of aromatic nitrogens is 1. The number of Topliss-reactive ketones (excluding diaryl/α,β-unsaturated/α-hetero) is 2. The van der Waals surface area contributed by atoms with E-state index in [0.29, 0.717) is 51.7 Å². The number of carbonyl (C=O) groups is 7. The number of para-hydroxylation sites is 1. The van der Waals surface area contributed by atoms with Crippen LogP contribution >= 0.6 is 11.3 Å². The number of benzene rings is 3. The van der Waals surface area contributed by atoms with Crippen LogP contribution in [-0.2, 0) is 75.3 Å². The molecule has 76 heavy (non-hydrogen) atoms. The van der Waals surface area contributed by atoms with Crippen LogP contribution in [0.4, 0.5) is 5.69 Å². The summed E-state index contributed by atoms with van der Waals surface area (Å²) < 4.78 is 12.1. The molecule has 0 aliphatic carbocycles. The van der Waals surface area contributed by atoms with E-state index in [2.05, 4.69) is 10.3 Å². The van der Waals surface area contributed by atoms with Crippen LogP contribution in [0.25, 0.3) is 10.4 Å². The van der Waals surface area contributed by atoms with Gasteiger partial charge in [0.2, 0.25) is 23.6 Å². The number of unbranched alkanes of at least 4 members (excludes halogenated alkanes) is 1. The van der Waals surface area contributed by atoms with Crippen molar-refractivity contribution in [2.75, 3.05) is 24.7 Å². The summed E-state index contributed by atoms with van der Waals surface area (Å²) in [4.78, 5) is 97.6. The second kappa shape index (κ2) is 27.2. The highest BCUT2D eigenvalue weighted by Gasteiger charge is 2.45. The highest BCUT2D eigenvalue weighted by atomic mass is 32.1. The van der Waals surface area contributed by atoms with Gasteiger partial charge in [0.15, 0.2) is 11.6 Å². The fraction of sp³-hybridized carbons (Fsp3) is 0.517. The van der Waals surface area contributed by atoms with Crippen LogP contribution in [0.1, 0.15) is 119 Å². The minimum Gasteiger partial charge on any atom is -0.481 e. The van der Waals surface area contributed by atoms with Gasteiger partial charge in [-0.2, -0.15) is 0 Å². The molecule has 0 bridgehead atoms. The van der Waals surface area contributed by atoms with E-state index in [1.165, 1.54) is 4.90 Å². The summed E-state index contributed by atoms with van der Waals surface area (Å²) in [7, 11) is 0. The van der Waals surface area contributed by atoms with E-state index in [0.717, 1.165) is 69.4 Å². The van der Waals surface area contributed by atoms with E-state index in [1.54, 1.807) is 16.2 Å². The third-order valence-corrected chi connectivity index (χ3v) is 15.4. The lowest BCUT2D eigenvalue weighted by Gasteiger charge is -2.35. The van der Waals surface area contributed by atoms with Gasteiger partial charge in [0.25, 0.3) is 5.97 Å².